The Balaban J connectivity index is 2.21. The van der Waals surface area contributed by atoms with E-state index in [1.807, 2.05) is 12.1 Å². The Morgan fingerprint density at radius 2 is 2.50 bits per heavy atom. The second-order valence-corrected chi connectivity index (χ2v) is 3.22. The summed E-state index contributed by atoms with van der Waals surface area (Å²) >= 11 is 0. The lowest BCUT2D eigenvalue weighted by atomic mass is 9.96. The first kappa shape index (κ1) is 8.80. The van der Waals surface area contributed by atoms with Gasteiger partial charge in [-0.1, -0.05) is 6.07 Å². The molecule has 72 valence electrons. The third-order valence-electron chi connectivity index (χ3n) is 2.31. The summed E-state index contributed by atoms with van der Waals surface area (Å²) in [5.74, 6) is -0.140. The molecule has 1 unspecified atom stereocenters. The van der Waals surface area contributed by atoms with Crippen LogP contribution in [0.25, 0.3) is 0 Å². The van der Waals surface area contributed by atoms with E-state index in [0.29, 0.717) is 13.0 Å². The zero-order valence-electron chi connectivity index (χ0n) is 7.43. The molecule has 2 rings (SSSR count). The van der Waals surface area contributed by atoms with Gasteiger partial charge in [0.1, 0.15) is 5.82 Å². The maximum absolute atomic E-state index is 11.0. The van der Waals surface area contributed by atoms with E-state index in [9.17, 15) is 9.70 Å². The number of pyridine rings is 1. The highest BCUT2D eigenvalue weighted by Crippen LogP contribution is 2.22. The molecule has 1 amide bonds. The number of fused-ring (bicyclic) bond motifs is 1. The van der Waals surface area contributed by atoms with E-state index in [-0.39, 0.29) is 5.92 Å². The van der Waals surface area contributed by atoms with Crippen molar-refractivity contribution in [1.82, 2.24) is 4.98 Å². The fourth-order valence-electron chi connectivity index (χ4n) is 1.57. The molecule has 0 fully saturated rings. The van der Waals surface area contributed by atoms with Crippen molar-refractivity contribution in [3.63, 3.8) is 0 Å². The summed E-state index contributed by atoms with van der Waals surface area (Å²) in [5, 5.41) is 5.43. The zero-order valence-corrected chi connectivity index (χ0v) is 7.43. The summed E-state index contributed by atoms with van der Waals surface area (Å²) in [6.07, 6.45) is 2.23. The predicted octanol–water partition coefficient (Wildman–Crippen LogP) is 0.959. The first-order valence-corrected chi connectivity index (χ1v) is 4.36. The molecule has 2 heterocycles. The van der Waals surface area contributed by atoms with Crippen molar-refractivity contribution in [1.29, 1.82) is 0 Å². The second kappa shape index (κ2) is 3.53. The van der Waals surface area contributed by atoms with Gasteiger partial charge in [-0.25, -0.2) is 4.98 Å². The topological polar surface area (TPSA) is 71.4 Å². The Morgan fingerprint density at radius 1 is 1.64 bits per heavy atom. The molecular formula is C9H9N3O2. The van der Waals surface area contributed by atoms with Crippen molar-refractivity contribution in [2.75, 3.05) is 11.9 Å². The monoisotopic (exact) mass is 191 g/mol. The number of anilines is 1. The van der Waals surface area contributed by atoms with E-state index in [4.69, 9.17) is 0 Å². The molecule has 14 heavy (non-hydrogen) atoms. The van der Waals surface area contributed by atoms with Crippen LogP contribution in [0.4, 0.5) is 5.82 Å². The Hall–Kier alpha value is -1.78. The molecule has 0 saturated carbocycles. The molecule has 1 aliphatic heterocycles. The minimum atomic E-state index is -0.591. The number of amides is 1. The highest BCUT2D eigenvalue weighted by atomic mass is 16.3. The molecule has 0 spiro atoms. The van der Waals surface area contributed by atoms with Gasteiger partial charge >= 0.3 is 0 Å². The Labute approximate surface area is 80.5 Å². The molecule has 5 heteroatoms. The molecule has 0 bridgehead atoms. The van der Waals surface area contributed by atoms with E-state index in [1.54, 1.807) is 6.20 Å². The van der Waals surface area contributed by atoms with E-state index in [0.717, 1.165) is 11.4 Å². The fourth-order valence-corrected chi connectivity index (χ4v) is 1.57. The molecule has 0 aromatic carbocycles. The number of carbonyl (C=O) groups is 1. The van der Waals surface area contributed by atoms with Crippen molar-refractivity contribution in [2.24, 2.45) is 11.1 Å². The van der Waals surface area contributed by atoms with Crippen LogP contribution in [0.3, 0.4) is 0 Å². The number of hydrogen-bond acceptors (Lipinski definition) is 4. The first-order valence-electron chi connectivity index (χ1n) is 4.36. The van der Waals surface area contributed by atoms with Gasteiger partial charge in [0.25, 0.3) is 5.91 Å². The van der Waals surface area contributed by atoms with Crippen molar-refractivity contribution in [3.05, 3.63) is 28.8 Å². The molecule has 1 atom stereocenters. The van der Waals surface area contributed by atoms with Crippen LogP contribution in [0.1, 0.15) is 5.56 Å². The Bertz CT molecular complexity index is 378. The largest absolute Gasteiger partial charge is 0.369 e. The standard InChI is InChI=1S/C9H9N3O2/c13-9(12-14)7-4-6-2-1-3-10-8(6)11-5-7/h1-3,7H,4-5H2,(H,10,11). The number of aromatic nitrogens is 1. The average molecular weight is 191 g/mol. The second-order valence-electron chi connectivity index (χ2n) is 3.22. The third kappa shape index (κ3) is 1.48. The van der Waals surface area contributed by atoms with Crippen molar-refractivity contribution >= 4 is 11.7 Å². The maximum Gasteiger partial charge on any atom is 0.291 e. The van der Waals surface area contributed by atoms with E-state index in [2.05, 4.69) is 15.5 Å². The summed E-state index contributed by atoms with van der Waals surface area (Å²) < 4.78 is 0. The third-order valence-corrected chi connectivity index (χ3v) is 2.31. The summed E-state index contributed by atoms with van der Waals surface area (Å²) in [7, 11) is 0. The highest BCUT2D eigenvalue weighted by molar-refractivity contribution is 5.81. The highest BCUT2D eigenvalue weighted by Gasteiger charge is 2.25. The lowest BCUT2D eigenvalue weighted by Gasteiger charge is -2.21. The number of nitrogens with one attached hydrogen (secondary N) is 1. The van der Waals surface area contributed by atoms with E-state index < -0.39 is 5.91 Å². The number of hydrogen-bond donors (Lipinski definition) is 1. The minimum absolute atomic E-state index is 0.343. The van der Waals surface area contributed by atoms with Crippen LogP contribution in [0.5, 0.6) is 0 Å². The van der Waals surface area contributed by atoms with Crippen LogP contribution in [-0.2, 0) is 11.2 Å². The van der Waals surface area contributed by atoms with Gasteiger partial charge in [-0.05, 0) is 18.1 Å². The van der Waals surface area contributed by atoms with Crippen LogP contribution in [-0.4, -0.2) is 17.4 Å². The Kier molecular flexibility index (Phi) is 2.22. The van der Waals surface area contributed by atoms with Gasteiger partial charge < -0.3 is 5.32 Å². The van der Waals surface area contributed by atoms with Gasteiger partial charge in [0.15, 0.2) is 0 Å². The van der Waals surface area contributed by atoms with Crippen LogP contribution < -0.4 is 5.32 Å². The van der Waals surface area contributed by atoms with Crippen molar-refractivity contribution in [3.8, 4) is 0 Å². The van der Waals surface area contributed by atoms with Gasteiger partial charge in [-0.2, -0.15) is 0 Å². The average Bonchev–Trinajstić information content (AvgIpc) is 2.27. The van der Waals surface area contributed by atoms with Gasteiger partial charge in [0.2, 0.25) is 0 Å². The molecule has 1 aliphatic rings. The summed E-state index contributed by atoms with van der Waals surface area (Å²) in [4.78, 5) is 25.2. The maximum atomic E-state index is 11.0. The summed E-state index contributed by atoms with van der Waals surface area (Å²) in [5.41, 5.74) is 0.959. The van der Waals surface area contributed by atoms with E-state index in [1.165, 1.54) is 0 Å². The quantitative estimate of drug-likeness (QED) is 0.671. The smallest absolute Gasteiger partial charge is 0.291 e. The number of nitroso groups, excluding NO2 is 1. The SMILES string of the molecule is O=NC(=O)C1CNc2ncccc2C1. The zero-order chi connectivity index (χ0) is 9.97. The first-order chi connectivity index (χ1) is 6.81. The summed E-state index contributed by atoms with van der Waals surface area (Å²) in [6, 6.07) is 3.70. The summed E-state index contributed by atoms with van der Waals surface area (Å²) in [6.45, 7) is 0.439. The minimum Gasteiger partial charge on any atom is -0.369 e. The van der Waals surface area contributed by atoms with Crippen LogP contribution in [0, 0.1) is 10.8 Å². The van der Waals surface area contributed by atoms with Gasteiger partial charge in [0.05, 0.1) is 5.92 Å². The molecular weight excluding hydrogens is 182 g/mol. The predicted molar refractivity (Wildman–Crippen MR) is 50.7 cm³/mol. The van der Waals surface area contributed by atoms with Gasteiger partial charge in [0, 0.05) is 17.9 Å². The fraction of sp³-hybridized carbons (Fsp3) is 0.333. The molecule has 0 radical (unpaired) electrons. The normalized spacial score (nSPS) is 19.3. The van der Waals surface area contributed by atoms with Gasteiger partial charge in [-0.15, -0.1) is 4.91 Å². The molecule has 1 aromatic heterocycles. The van der Waals surface area contributed by atoms with Crippen molar-refractivity contribution < 1.29 is 4.79 Å². The number of rotatable bonds is 1. The lowest BCUT2D eigenvalue weighted by molar-refractivity contribution is -0.121. The molecule has 1 aromatic rings. The van der Waals surface area contributed by atoms with Crippen LogP contribution in [0.2, 0.25) is 0 Å². The van der Waals surface area contributed by atoms with E-state index >= 15 is 0 Å². The van der Waals surface area contributed by atoms with Crippen LogP contribution >= 0.6 is 0 Å². The number of carbonyl (C=O) groups excluding carboxylic acids is 1. The lowest BCUT2D eigenvalue weighted by Crippen LogP contribution is -2.29. The van der Waals surface area contributed by atoms with Crippen LogP contribution in [0.15, 0.2) is 23.5 Å². The Morgan fingerprint density at radius 3 is 3.29 bits per heavy atom. The molecule has 0 aliphatic carbocycles. The number of nitrogens with zero attached hydrogens (tertiary/aromatic N) is 2. The molecule has 0 saturated heterocycles. The molecule has 5 nitrogen and oxygen atoms in total. The van der Waals surface area contributed by atoms with Crippen molar-refractivity contribution in [2.45, 2.75) is 6.42 Å². The van der Waals surface area contributed by atoms with Gasteiger partial charge in [-0.3, -0.25) is 4.79 Å². The molecule has 1 N–H and O–H groups in total.